The molecule has 0 aliphatic heterocycles. The van der Waals surface area contributed by atoms with Crippen LogP contribution in [0.3, 0.4) is 0 Å². The molecule has 0 heterocycles. The van der Waals surface area contributed by atoms with Crippen LogP contribution < -0.4 is 4.74 Å². The van der Waals surface area contributed by atoms with Crippen molar-refractivity contribution >= 4 is 47.8 Å². The number of hydrogen-bond donors (Lipinski definition) is 0. The first-order valence-electron chi connectivity index (χ1n) is 5.58. The summed E-state index contributed by atoms with van der Waals surface area (Å²) in [6.45, 7) is 1.33. The lowest BCUT2D eigenvalue weighted by molar-refractivity contribution is 0.0674. The monoisotopic (exact) mass is 442 g/mol. The second-order valence-corrected chi connectivity index (χ2v) is 5.92. The highest BCUT2D eigenvalue weighted by Crippen LogP contribution is 2.26. The highest BCUT2D eigenvalue weighted by atomic mass is 79.9. The number of alkyl halides is 3. The van der Waals surface area contributed by atoms with Crippen LogP contribution in [-0.4, -0.2) is 29.7 Å². The zero-order chi connectivity index (χ0) is 13.4. The van der Waals surface area contributed by atoms with E-state index in [1.54, 1.807) is 7.11 Å². The van der Waals surface area contributed by atoms with Crippen molar-refractivity contribution in [3.05, 3.63) is 29.8 Å². The standard InChI is InChI=1S/C13H17Br3O2/c1-17-12-4-2-11(3-5-12)6-18-10-13(7-14,8-15)9-16/h2-5H,6-10H2,1H3. The molecule has 0 saturated carbocycles. The average molecular weight is 445 g/mol. The molecule has 0 amide bonds. The van der Waals surface area contributed by atoms with Gasteiger partial charge in [0.15, 0.2) is 0 Å². The summed E-state index contributed by atoms with van der Waals surface area (Å²) in [5, 5.41) is 2.71. The lowest BCUT2D eigenvalue weighted by atomic mass is 9.98. The third kappa shape index (κ3) is 4.83. The second-order valence-electron chi connectivity index (χ2n) is 4.24. The molecular formula is C13H17Br3O2. The minimum absolute atomic E-state index is 0.104. The predicted octanol–water partition coefficient (Wildman–Crippen LogP) is 4.38. The molecule has 0 aromatic heterocycles. The van der Waals surface area contributed by atoms with Gasteiger partial charge in [-0.1, -0.05) is 59.9 Å². The van der Waals surface area contributed by atoms with Crippen molar-refractivity contribution in [3.63, 3.8) is 0 Å². The van der Waals surface area contributed by atoms with Crippen molar-refractivity contribution in [1.82, 2.24) is 0 Å². The highest BCUT2D eigenvalue weighted by molar-refractivity contribution is 9.10. The summed E-state index contributed by atoms with van der Waals surface area (Å²) in [6, 6.07) is 7.95. The molecule has 0 bridgehead atoms. The summed E-state index contributed by atoms with van der Waals surface area (Å²) in [5.41, 5.74) is 1.26. The maximum absolute atomic E-state index is 5.80. The number of methoxy groups -OCH3 is 1. The Morgan fingerprint density at radius 1 is 1.00 bits per heavy atom. The van der Waals surface area contributed by atoms with E-state index in [-0.39, 0.29) is 5.41 Å². The van der Waals surface area contributed by atoms with Gasteiger partial charge >= 0.3 is 0 Å². The Kier molecular flexibility index (Phi) is 7.84. The fraction of sp³-hybridized carbons (Fsp3) is 0.538. The van der Waals surface area contributed by atoms with Crippen molar-refractivity contribution in [1.29, 1.82) is 0 Å². The summed E-state index contributed by atoms with van der Waals surface area (Å²) < 4.78 is 10.9. The first-order valence-corrected chi connectivity index (χ1v) is 8.95. The van der Waals surface area contributed by atoms with E-state index >= 15 is 0 Å². The molecular weight excluding hydrogens is 428 g/mol. The molecule has 1 rings (SSSR count). The number of benzene rings is 1. The fourth-order valence-corrected chi connectivity index (χ4v) is 4.60. The molecule has 0 unspecified atom stereocenters. The molecule has 102 valence electrons. The van der Waals surface area contributed by atoms with Gasteiger partial charge < -0.3 is 9.47 Å². The zero-order valence-electron chi connectivity index (χ0n) is 10.3. The van der Waals surface area contributed by atoms with Crippen LogP contribution in [0.5, 0.6) is 5.75 Å². The van der Waals surface area contributed by atoms with E-state index in [4.69, 9.17) is 9.47 Å². The number of ether oxygens (including phenoxy) is 2. The van der Waals surface area contributed by atoms with Crippen molar-refractivity contribution in [2.24, 2.45) is 5.41 Å². The van der Waals surface area contributed by atoms with Crippen molar-refractivity contribution in [2.75, 3.05) is 29.7 Å². The van der Waals surface area contributed by atoms with Gasteiger partial charge in [-0.05, 0) is 17.7 Å². The van der Waals surface area contributed by atoms with E-state index in [1.165, 1.54) is 0 Å². The average Bonchev–Trinajstić information content (AvgIpc) is 2.45. The third-order valence-corrected chi connectivity index (χ3v) is 6.25. The Hall–Kier alpha value is 0.420. The topological polar surface area (TPSA) is 18.5 Å². The van der Waals surface area contributed by atoms with Gasteiger partial charge in [-0.25, -0.2) is 0 Å². The lowest BCUT2D eigenvalue weighted by Crippen LogP contribution is -2.32. The normalized spacial score (nSPS) is 11.6. The summed E-state index contributed by atoms with van der Waals surface area (Å²) in [4.78, 5) is 0. The summed E-state index contributed by atoms with van der Waals surface area (Å²) in [6.07, 6.45) is 0. The lowest BCUT2D eigenvalue weighted by Gasteiger charge is -2.27. The quantitative estimate of drug-likeness (QED) is 0.554. The summed E-state index contributed by atoms with van der Waals surface area (Å²) in [7, 11) is 1.67. The van der Waals surface area contributed by atoms with E-state index in [2.05, 4.69) is 47.8 Å². The first-order chi connectivity index (χ1) is 8.69. The van der Waals surface area contributed by atoms with Crippen LogP contribution in [0, 0.1) is 5.41 Å². The Morgan fingerprint density at radius 3 is 2.00 bits per heavy atom. The number of hydrogen-bond acceptors (Lipinski definition) is 2. The number of rotatable bonds is 8. The molecule has 0 N–H and O–H groups in total. The van der Waals surface area contributed by atoms with Gasteiger partial charge in [0.2, 0.25) is 0 Å². The van der Waals surface area contributed by atoms with Gasteiger partial charge in [-0.15, -0.1) is 0 Å². The van der Waals surface area contributed by atoms with Crippen molar-refractivity contribution < 1.29 is 9.47 Å². The largest absolute Gasteiger partial charge is 0.497 e. The van der Waals surface area contributed by atoms with E-state index < -0.39 is 0 Å². The molecule has 1 aromatic carbocycles. The van der Waals surface area contributed by atoms with Gasteiger partial charge in [0.05, 0.1) is 20.3 Å². The molecule has 0 radical (unpaired) electrons. The van der Waals surface area contributed by atoms with Crippen molar-refractivity contribution in [3.8, 4) is 5.75 Å². The minimum atomic E-state index is 0.104. The maximum atomic E-state index is 5.80. The third-order valence-electron chi connectivity index (χ3n) is 2.69. The second kappa shape index (κ2) is 8.56. The SMILES string of the molecule is COc1ccc(COCC(CBr)(CBr)CBr)cc1. The van der Waals surface area contributed by atoms with Gasteiger partial charge in [0, 0.05) is 21.4 Å². The molecule has 0 saturated heterocycles. The Morgan fingerprint density at radius 2 is 1.56 bits per heavy atom. The Bertz CT molecular complexity index is 328. The van der Waals surface area contributed by atoms with Crippen LogP contribution in [-0.2, 0) is 11.3 Å². The Labute approximate surface area is 134 Å². The smallest absolute Gasteiger partial charge is 0.118 e. The van der Waals surface area contributed by atoms with Gasteiger partial charge in [-0.3, -0.25) is 0 Å². The first kappa shape index (κ1) is 16.5. The van der Waals surface area contributed by atoms with Crippen LogP contribution in [0.25, 0.3) is 0 Å². The molecule has 0 spiro atoms. The van der Waals surface area contributed by atoms with Crippen LogP contribution >= 0.6 is 47.8 Å². The molecule has 0 aliphatic rings. The molecule has 2 nitrogen and oxygen atoms in total. The fourth-order valence-electron chi connectivity index (χ4n) is 1.33. The molecule has 18 heavy (non-hydrogen) atoms. The molecule has 5 heteroatoms. The molecule has 0 aliphatic carbocycles. The van der Waals surface area contributed by atoms with Gasteiger partial charge in [0.25, 0.3) is 0 Å². The minimum Gasteiger partial charge on any atom is -0.497 e. The highest BCUT2D eigenvalue weighted by Gasteiger charge is 2.26. The van der Waals surface area contributed by atoms with E-state index in [0.717, 1.165) is 27.3 Å². The summed E-state index contributed by atoms with van der Waals surface area (Å²) in [5.74, 6) is 0.870. The molecule has 0 fully saturated rings. The molecule has 0 atom stereocenters. The van der Waals surface area contributed by atoms with Gasteiger partial charge in [-0.2, -0.15) is 0 Å². The van der Waals surface area contributed by atoms with E-state index in [0.29, 0.717) is 13.2 Å². The zero-order valence-corrected chi connectivity index (χ0v) is 15.1. The van der Waals surface area contributed by atoms with Crippen LogP contribution in [0.4, 0.5) is 0 Å². The summed E-state index contributed by atoms with van der Waals surface area (Å²) >= 11 is 10.6. The maximum Gasteiger partial charge on any atom is 0.118 e. The van der Waals surface area contributed by atoms with Crippen LogP contribution in [0.1, 0.15) is 5.56 Å². The van der Waals surface area contributed by atoms with Crippen LogP contribution in [0.2, 0.25) is 0 Å². The van der Waals surface area contributed by atoms with Crippen molar-refractivity contribution in [2.45, 2.75) is 6.61 Å². The molecule has 1 aromatic rings. The van der Waals surface area contributed by atoms with Gasteiger partial charge in [0.1, 0.15) is 5.75 Å². The van der Waals surface area contributed by atoms with E-state index in [9.17, 15) is 0 Å². The Balaban J connectivity index is 2.44. The number of halogens is 3. The van der Waals surface area contributed by atoms with E-state index in [1.807, 2.05) is 24.3 Å². The van der Waals surface area contributed by atoms with Crippen LogP contribution in [0.15, 0.2) is 24.3 Å². The predicted molar refractivity (Wildman–Crippen MR) is 86.5 cm³/mol.